The Hall–Kier alpha value is -2.66. The summed E-state index contributed by atoms with van der Waals surface area (Å²) in [6.07, 6.45) is 1.10. The Morgan fingerprint density at radius 1 is 1.15 bits per heavy atom. The summed E-state index contributed by atoms with van der Waals surface area (Å²) in [4.78, 5) is 7.29. The van der Waals surface area contributed by atoms with Gasteiger partial charge in [-0.25, -0.2) is 4.39 Å². The van der Waals surface area contributed by atoms with Crippen LogP contribution in [0.25, 0.3) is 22.0 Å². The van der Waals surface area contributed by atoms with Crippen molar-refractivity contribution in [1.29, 1.82) is 0 Å². The summed E-state index contributed by atoms with van der Waals surface area (Å²) >= 11 is 0. The number of ether oxygens (including phenoxy) is 1. The van der Waals surface area contributed by atoms with Crippen molar-refractivity contribution < 1.29 is 9.13 Å². The number of nitrogens with zero attached hydrogens (tertiary/aromatic N) is 2. The van der Waals surface area contributed by atoms with Crippen LogP contribution in [-0.4, -0.2) is 23.5 Å². The molecule has 4 rings (SSSR count). The second-order valence-electron chi connectivity index (χ2n) is 6.68. The predicted octanol–water partition coefficient (Wildman–Crippen LogP) is 4.36. The van der Waals surface area contributed by atoms with Crippen LogP contribution < -0.4 is 10.5 Å². The van der Waals surface area contributed by atoms with Gasteiger partial charge >= 0.3 is 0 Å². The van der Waals surface area contributed by atoms with Crippen molar-refractivity contribution in [2.24, 2.45) is 0 Å². The number of pyridine rings is 1. The summed E-state index contributed by atoms with van der Waals surface area (Å²) in [6, 6.07) is 10.8. The summed E-state index contributed by atoms with van der Waals surface area (Å²) in [5.41, 5.74) is 11.7. The third kappa shape index (κ3) is 2.59. The largest absolute Gasteiger partial charge is 0.493 e. The topological polar surface area (TPSA) is 51.4 Å². The summed E-state index contributed by atoms with van der Waals surface area (Å²) in [5, 5.41) is 0.908. The Morgan fingerprint density at radius 3 is 2.69 bits per heavy atom. The lowest BCUT2D eigenvalue weighted by molar-refractivity contribution is 0.283. The maximum absolute atomic E-state index is 14.2. The number of aromatic nitrogens is 1. The third-order valence-corrected chi connectivity index (χ3v) is 5.00. The Kier molecular flexibility index (Phi) is 4.24. The number of anilines is 1. The van der Waals surface area contributed by atoms with E-state index in [-0.39, 0.29) is 11.6 Å². The monoisotopic (exact) mass is 351 g/mol. The van der Waals surface area contributed by atoms with Gasteiger partial charge in [-0.1, -0.05) is 37.3 Å². The number of fused-ring (bicyclic) bond motifs is 2. The lowest BCUT2D eigenvalue weighted by Gasteiger charge is -2.14. The Bertz CT molecular complexity index is 987. The van der Waals surface area contributed by atoms with Crippen molar-refractivity contribution in [2.45, 2.75) is 26.4 Å². The van der Waals surface area contributed by atoms with Crippen molar-refractivity contribution in [3.63, 3.8) is 0 Å². The van der Waals surface area contributed by atoms with Gasteiger partial charge in [-0.15, -0.1) is 0 Å². The number of hydrogen-bond donors (Lipinski definition) is 1. The fourth-order valence-electron chi connectivity index (χ4n) is 3.82. The van der Waals surface area contributed by atoms with E-state index >= 15 is 0 Å². The number of methoxy groups -OCH3 is 1. The first kappa shape index (κ1) is 16.8. The zero-order valence-electron chi connectivity index (χ0n) is 15.1. The molecule has 26 heavy (non-hydrogen) atoms. The molecule has 134 valence electrons. The molecule has 1 aromatic heterocycles. The maximum atomic E-state index is 14.2. The highest BCUT2D eigenvalue weighted by Gasteiger charge is 2.25. The second-order valence-corrected chi connectivity index (χ2v) is 6.68. The first-order chi connectivity index (χ1) is 12.6. The molecule has 0 saturated carbocycles. The fourth-order valence-corrected chi connectivity index (χ4v) is 3.82. The maximum Gasteiger partial charge on any atom is 0.165 e. The average molecular weight is 351 g/mol. The minimum absolute atomic E-state index is 0.230. The first-order valence-electron chi connectivity index (χ1n) is 8.89. The van der Waals surface area contributed by atoms with Crippen LogP contribution in [0.4, 0.5) is 10.1 Å². The van der Waals surface area contributed by atoms with Gasteiger partial charge in [0.05, 0.1) is 18.3 Å². The molecule has 1 aliphatic rings. The van der Waals surface area contributed by atoms with Gasteiger partial charge in [0.15, 0.2) is 11.6 Å². The van der Waals surface area contributed by atoms with Gasteiger partial charge in [0.25, 0.3) is 0 Å². The van der Waals surface area contributed by atoms with Gasteiger partial charge in [0.1, 0.15) is 0 Å². The Morgan fingerprint density at radius 2 is 1.92 bits per heavy atom. The molecule has 5 heteroatoms. The van der Waals surface area contributed by atoms with Crippen LogP contribution in [0.2, 0.25) is 0 Å². The number of hydrogen-bond acceptors (Lipinski definition) is 4. The molecule has 3 aromatic rings. The van der Waals surface area contributed by atoms with Crippen LogP contribution in [0.3, 0.4) is 0 Å². The fraction of sp³-hybridized carbons (Fsp3) is 0.286. The summed E-state index contributed by atoms with van der Waals surface area (Å²) in [6.45, 7) is 4.84. The minimum atomic E-state index is -0.384. The van der Waals surface area contributed by atoms with E-state index in [2.05, 4.69) is 11.8 Å². The van der Waals surface area contributed by atoms with Gasteiger partial charge in [-0.3, -0.25) is 9.88 Å². The van der Waals surface area contributed by atoms with E-state index in [9.17, 15) is 4.39 Å². The van der Waals surface area contributed by atoms with E-state index in [0.717, 1.165) is 59.5 Å². The lowest BCUT2D eigenvalue weighted by Crippen LogP contribution is -2.16. The van der Waals surface area contributed by atoms with Gasteiger partial charge in [0, 0.05) is 40.9 Å². The van der Waals surface area contributed by atoms with Crippen molar-refractivity contribution in [3.8, 4) is 16.9 Å². The van der Waals surface area contributed by atoms with Crippen LogP contribution in [0.1, 0.15) is 24.6 Å². The molecule has 0 fully saturated rings. The third-order valence-electron chi connectivity index (χ3n) is 5.00. The van der Waals surface area contributed by atoms with E-state index < -0.39 is 0 Å². The number of halogens is 1. The quantitative estimate of drug-likeness (QED) is 0.759. The highest BCUT2D eigenvalue weighted by Crippen LogP contribution is 2.39. The van der Waals surface area contributed by atoms with Gasteiger partial charge in [0.2, 0.25) is 0 Å². The molecule has 0 bridgehead atoms. The molecule has 0 aliphatic carbocycles. The van der Waals surface area contributed by atoms with Crippen molar-refractivity contribution >= 4 is 16.6 Å². The molecule has 1 aliphatic heterocycles. The van der Waals surface area contributed by atoms with E-state index in [4.69, 9.17) is 15.5 Å². The molecule has 0 saturated heterocycles. The zero-order chi connectivity index (χ0) is 18.3. The van der Waals surface area contributed by atoms with Crippen molar-refractivity contribution in [3.05, 3.63) is 53.5 Å². The predicted molar refractivity (Wildman–Crippen MR) is 103 cm³/mol. The number of rotatable bonds is 4. The summed E-state index contributed by atoms with van der Waals surface area (Å²) < 4.78 is 19.5. The van der Waals surface area contributed by atoms with E-state index in [1.165, 1.54) is 13.2 Å². The number of benzene rings is 2. The van der Waals surface area contributed by atoms with Crippen molar-refractivity contribution in [2.75, 3.05) is 19.4 Å². The number of nitrogens with two attached hydrogens (primary N) is 1. The molecule has 2 aromatic carbocycles. The number of nitrogen functional groups attached to an aromatic ring is 1. The minimum Gasteiger partial charge on any atom is -0.493 e. The lowest BCUT2D eigenvalue weighted by atomic mass is 9.98. The van der Waals surface area contributed by atoms with Crippen LogP contribution in [0.5, 0.6) is 5.75 Å². The number of para-hydroxylation sites is 2. The highest BCUT2D eigenvalue weighted by molar-refractivity contribution is 6.02. The van der Waals surface area contributed by atoms with Crippen molar-refractivity contribution in [1.82, 2.24) is 9.88 Å². The molecule has 0 radical (unpaired) electrons. The molecule has 0 spiro atoms. The van der Waals surface area contributed by atoms with Gasteiger partial charge in [-0.05, 0) is 19.0 Å². The summed E-state index contributed by atoms with van der Waals surface area (Å²) in [5.74, 6) is -0.154. The molecular weight excluding hydrogens is 329 g/mol. The SMILES string of the molecule is CCCN1Cc2nc3c(-c4cccc(F)c4OC)cccc3c(N)c2C1. The van der Waals surface area contributed by atoms with E-state index in [1.54, 1.807) is 6.07 Å². The smallest absolute Gasteiger partial charge is 0.165 e. The van der Waals surface area contributed by atoms with Crippen LogP contribution in [0, 0.1) is 5.82 Å². The van der Waals surface area contributed by atoms with Crippen LogP contribution in [-0.2, 0) is 13.1 Å². The Balaban J connectivity index is 1.93. The zero-order valence-corrected chi connectivity index (χ0v) is 15.1. The summed E-state index contributed by atoms with van der Waals surface area (Å²) in [7, 11) is 1.48. The first-order valence-corrected chi connectivity index (χ1v) is 8.89. The van der Waals surface area contributed by atoms with Gasteiger partial charge in [-0.2, -0.15) is 0 Å². The van der Waals surface area contributed by atoms with E-state index in [0.29, 0.717) is 5.56 Å². The normalized spacial score (nSPS) is 14.0. The molecule has 0 atom stereocenters. The molecular formula is C21H22FN3O. The molecule has 2 N–H and O–H groups in total. The standard InChI is InChI=1S/C21H22FN3O/c1-3-10-25-11-16-18(12-25)24-20-13(6-4-8-15(20)19(16)23)14-7-5-9-17(22)21(14)26-2/h4-9H,3,10-12H2,1-2H3,(H2,23,24). The molecule has 2 heterocycles. The Labute approximate surface area is 152 Å². The molecule has 4 nitrogen and oxygen atoms in total. The highest BCUT2D eigenvalue weighted by atomic mass is 19.1. The molecule has 0 unspecified atom stereocenters. The van der Waals surface area contributed by atoms with E-state index in [1.807, 2.05) is 24.3 Å². The van der Waals surface area contributed by atoms with Gasteiger partial charge < -0.3 is 10.5 Å². The average Bonchev–Trinajstić information content (AvgIpc) is 3.04. The molecule has 0 amide bonds. The van der Waals surface area contributed by atoms with Crippen LogP contribution >= 0.6 is 0 Å². The van der Waals surface area contributed by atoms with Crippen LogP contribution in [0.15, 0.2) is 36.4 Å². The second kappa shape index (κ2) is 6.57.